The van der Waals surface area contributed by atoms with Gasteiger partial charge in [-0.25, -0.2) is 4.98 Å². The molecule has 0 saturated heterocycles. The lowest BCUT2D eigenvalue weighted by Crippen LogP contribution is -2.40. The molecule has 92 valence electrons. The number of aromatic nitrogens is 3. The Labute approximate surface area is 97.9 Å². The van der Waals surface area contributed by atoms with Crippen molar-refractivity contribution in [2.24, 2.45) is 7.05 Å². The Morgan fingerprint density at radius 3 is 2.75 bits per heavy atom. The van der Waals surface area contributed by atoms with Crippen LogP contribution in [0, 0.1) is 0 Å². The van der Waals surface area contributed by atoms with Gasteiger partial charge in [-0.3, -0.25) is 4.68 Å². The number of hydrogen-bond donors (Lipinski definition) is 1. The number of nitrogens with zero attached hydrogens (tertiary/aromatic N) is 4. The van der Waals surface area contributed by atoms with Gasteiger partial charge < -0.3 is 10.2 Å². The van der Waals surface area contributed by atoms with Crippen molar-refractivity contribution in [3.63, 3.8) is 0 Å². The first kappa shape index (κ1) is 13.1. The zero-order valence-electron chi connectivity index (χ0n) is 10.8. The minimum atomic E-state index is 0.442. The molecule has 0 fully saturated rings. The van der Waals surface area contributed by atoms with Gasteiger partial charge in [0, 0.05) is 26.1 Å². The molecule has 1 aromatic rings. The highest BCUT2D eigenvalue weighted by molar-refractivity contribution is 4.89. The molecule has 1 heterocycles. The lowest BCUT2D eigenvalue weighted by Gasteiger charge is -2.21. The molecule has 0 bridgehead atoms. The van der Waals surface area contributed by atoms with E-state index < -0.39 is 0 Å². The Bertz CT molecular complexity index is 294. The van der Waals surface area contributed by atoms with Crippen molar-refractivity contribution in [1.29, 1.82) is 0 Å². The van der Waals surface area contributed by atoms with Gasteiger partial charge in [0.15, 0.2) is 0 Å². The van der Waals surface area contributed by atoms with E-state index >= 15 is 0 Å². The minimum Gasteiger partial charge on any atom is -0.312 e. The summed E-state index contributed by atoms with van der Waals surface area (Å²) in [7, 11) is 6.13. The van der Waals surface area contributed by atoms with Gasteiger partial charge in [0.2, 0.25) is 0 Å². The van der Waals surface area contributed by atoms with Crippen LogP contribution in [0.1, 0.15) is 19.2 Å². The van der Waals surface area contributed by atoms with Gasteiger partial charge in [-0.05, 0) is 27.1 Å². The summed E-state index contributed by atoms with van der Waals surface area (Å²) in [6, 6.07) is 0.442. The molecule has 1 rings (SSSR count). The standard InChI is InChI=1S/C11H23N5/c1-5-6-12-10(8-15(2)3)7-11-13-9-14-16(11)4/h9-10,12H,5-8H2,1-4H3. The van der Waals surface area contributed by atoms with Crippen molar-refractivity contribution < 1.29 is 0 Å². The highest BCUT2D eigenvalue weighted by Gasteiger charge is 2.12. The van der Waals surface area contributed by atoms with E-state index in [1.54, 1.807) is 6.33 Å². The molecule has 1 atom stereocenters. The summed E-state index contributed by atoms with van der Waals surface area (Å²) in [5, 5.41) is 7.64. The third-order valence-electron chi connectivity index (χ3n) is 2.50. The summed E-state index contributed by atoms with van der Waals surface area (Å²) in [5.41, 5.74) is 0. The second-order valence-electron chi connectivity index (χ2n) is 4.42. The van der Waals surface area contributed by atoms with Crippen molar-refractivity contribution >= 4 is 0 Å². The van der Waals surface area contributed by atoms with E-state index in [0.717, 1.165) is 31.8 Å². The maximum Gasteiger partial charge on any atom is 0.138 e. The molecule has 0 aliphatic rings. The number of likely N-dealkylation sites (N-methyl/N-ethyl adjacent to an activating group) is 1. The zero-order valence-corrected chi connectivity index (χ0v) is 10.8. The normalized spacial score (nSPS) is 13.3. The molecule has 1 aromatic heterocycles. The van der Waals surface area contributed by atoms with Gasteiger partial charge in [0.25, 0.3) is 0 Å². The van der Waals surface area contributed by atoms with Crippen LogP contribution in [0.3, 0.4) is 0 Å². The molecule has 16 heavy (non-hydrogen) atoms. The third kappa shape index (κ3) is 4.28. The van der Waals surface area contributed by atoms with E-state index in [9.17, 15) is 0 Å². The largest absolute Gasteiger partial charge is 0.312 e. The molecule has 1 unspecified atom stereocenters. The molecule has 0 aliphatic heterocycles. The molecule has 5 nitrogen and oxygen atoms in total. The van der Waals surface area contributed by atoms with Crippen LogP contribution in [0.5, 0.6) is 0 Å². The monoisotopic (exact) mass is 225 g/mol. The van der Waals surface area contributed by atoms with E-state index in [1.807, 2.05) is 11.7 Å². The number of aryl methyl sites for hydroxylation is 1. The Balaban J connectivity index is 2.52. The topological polar surface area (TPSA) is 46.0 Å². The fraction of sp³-hybridized carbons (Fsp3) is 0.818. The first-order valence-corrected chi connectivity index (χ1v) is 5.84. The Morgan fingerprint density at radius 2 is 2.25 bits per heavy atom. The molecule has 0 saturated carbocycles. The van der Waals surface area contributed by atoms with Gasteiger partial charge in [0.1, 0.15) is 12.2 Å². The van der Waals surface area contributed by atoms with E-state index in [0.29, 0.717) is 6.04 Å². The fourth-order valence-corrected chi connectivity index (χ4v) is 1.72. The second kappa shape index (κ2) is 6.60. The minimum absolute atomic E-state index is 0.442. The van der Waals surface area contributed by atoms with Crippen LogP contribution < -0.4 is 5.32 Å². The van der Waals surface area contributed by atoms with Gasteiger partial charge in [-0.15, -0.1) is 0 Å². The molecule has 0 amide bonds. The first-order chi connectivity index (χ1) is 7.63. The van der Waals surface area contributed by atoms with Crippen LogP contribution in [0.25, 0.3) is 0 Å². The van der Waals surface area contributed by atoms with Gasteiger partial charge >= 0.3 is 0 Å². The van der Waals surface area contributed by atoms with Crippen LogP contribution in [0.2, 0.25) is 0 Å². The predicted octanol–water partition coefficient (Wildman–Crippen LogP) is 0.287. The number of rotatable bonds is 7. The average molecular weight is 225 g/mol. The molecule has 0 aromatic carbocycles. The maximum atomic E-state index is 4.26. The first-order valence-electron chi connectivity index (χ1n) is 5.84. The van der Waals surface area contributed by atoms with E-state index in [1.165, 1.54) is 0 Å². The fourth-order valence-electron chi connectivity index (χ4n) is 1.72. The van der Waals surface area contributed by atoms with E-state index in [-0.39, 0.29) is 0 Å². The average Bonchev–Trinajstić information content (AvgIpc) is 2.60. The molecule has 5 heteroatoms. The molecule has 0 spiro atoms. The second-order valence-corrected chi connectivity index (χ2v) is 4.42. The smallest absolute Gasteiger partial charge is 0.138 e. The predicted molar refractivity (Wildman–Crippen MR) is 65.3 cm³/mol. The van der Waals surface area contributed by atoms with Crippen LogP contribution in [-0.2, 0) is 13.5 Å². The van der Waals surface area contributed by atoms with Gasteiger partial charge in [0.05, 0.1) is 0 Å². The maximum absolute atomic E-state index is 4.26. The Morgan fingerprint density at radius 1 is 1.50 bits per heavy atom. The van der Waals surface area contributed by atoms with Crippen molar-refractivity contribution in [2.45, 2.75) is 25.8 Å². The highest BCUT2D eigenvalue weighted by Crippen LogP contribution is 1.99. The van der Waals surface area contributed by atoms with Crippen LogP contribution in [0.15, 0.2) is 6.33 Å². The lowest BCUT2D eigenvalue weighted by molar-refractivity contribution is 0.331. The van der Waals surface area contributed by atoms with Crippen molar-refractivity contribution in [3.8, 4) is 0 Å². The Hall–Kier alpha value is -0.940. The SMILES string of the molecule is CCCNC(Cc1ncnn1C)CN(C)C. The summed E-state index contributed by atoms with van der Waals surface area (Å²) in [6.07, 6.45) is 3.69. The Kier molecular flexibility index (Phi) is 5.42. The number of nitrogens with one attached hydrogen (secondary N) is 1. The quantitative estimate of drug-likeness (QED) is 0.724. The number of hydrogen-bond acceptors (Lipinski definition) is 4. The van der Waals surface area contributed by atoms with E-state index in [4.69, 9.17) is 0 Å². The van der Waals surface area contributed by atoms with Crippen molar-refractivity contribution in [1.82, 2.24) is 25.0 Å². The zero-order chi connectivity index (χ0) is 12.0. The molecule has 0 aliphatic carbocycles. The summed E-state index contributed by atoms with van der Waals surface area (Å²) in [5.74, 6) is 1.04. The van der Waals surface area contributed by atoms with Gasteiger partial charge in [-0.2, -0.15) is 5.10 Å². The van der Waals surface area contributed by atoms with E-state index in [2.05, 4.69) is 41.3 Å². The molecule has 0 radical (unpaired) electrons. The molecular weight excluding hydrogens is 202 g/mol. The van der Waals surface area contributed by atoms with Crippen LogP contribution in [-0.4, -0.2) is 52.9 Å². The summed E-state index contributed by atoms with van der Waals surface area (Å²) in [6.45, 7) is 4.26. The van der Waals surface area contributed by atoms with Crippen molar-refractivity contribution in [3.05, 3.63) is 12.2 Å². The van der Waals surface area contributed by atoms with Crippen molar-refractivity contribution in [2.75, 3.05) is 27.2 Å². The summed E-state index contributed by atoms with van der Waals surface area (Å²) >= 11 is 0. The summed E-state index contributed by atoms with van der Waals surface area (Å²) < 4.78 is 1.84. The van der Waals surface area contributed by atoms with Crippen LogP contribution >= 0.6 is 0 Å². The molecular formula is C11H23N5. The van der Waals surface area contributed by atoms with Crippen LogP contribution in [0.4, 0.5) is 0 Å². The highest BCUT2D eigenvalue weighted by atomic mass is 15.3. The third-order valence-corrected chi connectivity index (χ3v) is 2.50. The lowest BCUT2D eigenvalue weighted by atomic mass is 10.2. The van der Waals surface area contributed by atoms with Gasteiger partial charge in [-0.1, -0.05) is 6.92 Å². The summed E-state index contributed by atoms with van der Waals surface area (Å²) in [4.78, 5) is 6.46. The molecule has 1 N–H and O–H groups in total.